The quantitative estimate of drug-likeness (QED) is 0.534. The first-order chi connectivity index (χ1) is 10.3. The molecule has 0 aliphatic heterocycles. The van der Waals surface area contributed by atoms with E-state index in [2.05, 4.69) is 5.32 Å². The summed E-state index contributed by atoms with van der Waals surface area (Å²) in [5, 5.41) is 22.4. The highest BCUT2D eigenvalue weighted by molar-refractivity contribution is 5.85. The molecule has 4 aliphatic carbocycles. The summed E-state index contributed by atoms with van der Waals surface area (Å²) in [5.74, 6) is 0.119. The van der Waals surface area contributed by atoms with Gasteiger partial charge in [0.15, 0.2) is 0 Å². The van der Waals surface area contributed by atoms with E-state index in [-0.39, 0.29) is 11.3 Å². The summed E-state index contributed by atoms with van der Waals surface area (Å²) in [6.45, 7) is 2.01. The lowest BCUT2D eigenvalue weighted by atomic mass is 9.47. The first-order valence-corrected chi connectivity index (χ1v) is 8.23. The largest absolute Gasteiger partial charge is 0.478 e. The van der Waals surface area contributed by atoms with E-state index in [1.807, 2.05) is 0 Å². The summed E-state index contributed by atoms with van der Waals surface area (Å²) in [5.41, 5.74) is -0.704. The average Bonchev–Trinajstić information content (AvgIpc) is 2.40. The Labute approximate surface area is 130 Å². The fourth-order valence-electron chi connectivity index (χ4n) is 5.23. The Kier molecular flexibility index (Phi) is 3.79. The molecule has 0 heterocycles. The molecule has 4 bridgehead atoms. The summed E-state index contributed by atoms with van der Waals surface area (Å²) < 4.78 is 0. The minimum absolute atomic E-state index is 0.0569. The van der Waals surface area contributed by atoms with Gasteiger partial charge in [-0.05, 0) is 63.7 Å². The number of aliphatic carboxylic acids is 1. The Morgan fingerprint density at radius 2 is 1.86 bits per heavy atom. The van der Waals surface area contributed by atoms with Gasteiger partial charge in [0, 0.05) is 12.1 Å². The molecule has 122 valence electrons. The zero-order chi connectivity index (χ0) is 16.0. The van der Waals surface area contributed by atoms with Crippen LogP contribution in [0.2, 0.25) is 0 Å². The smallest absolute Gasteiger partial charge is 0.330 e. The van der Waals surface area contributed by atoms with Crippen LogP contribution in [0.1, 0.15) is 51.9 Å². The van der Waals surface area contributed by atoms with Crippen molar-refractivity contribution in [3.63, 3.8) is 0 Å². The van der Waals surface area contributed by atoms with Gasteiger partial charge in [-0.1, -0.05) is 6.08 Å². The monoisotopic (exact) mass is 307 g/mol. The molecule has 0 aromatic carbocycles. The van der Waals surface area contributed by atoms with E-state index in [1.165, 1.54) is 0 Å². The van der Waals surface area contributed by atoms with Crippen molar-refractivity contribution in [2.24, 2.45) is 17.3 Å². The van der Waals surface area contributed by atoms with Crippen LogP contribution < -0.4 is 5.32 Å². The van der Waals surface area contributed by atoms with E-state index >= 15 is 0 Å². The summed E-state index contributed by atoms with van der Waals surface area (Å²) in [6.07, 6.45) is 7.45. The van der Waals surface area contributed by atoms with Crippen molar-refractivity contribution < 1.29 is 19.8 Å². The molecule has 2 unspecified atom stereocenters. The van der Waals surface area contributed by atoms with Crippen LogP contribution in [0.15, 0.2) is 11.6 Å². The lowest BCUT2D eigenvalue weighted by Gasteiger charge is -2.59. The van der Waals surface area contributed by atoms with Crippen LogP contribution in [-0.2, 0) is 9.59 Å². The molecule has 0 saturated heterocycles. The maximum atomic E-state index is 12.7. The fourth-order valence-corrected chi connectivity index (χ4v) is 5.23. The molecular weight excluding hydrogens is 282 g/mol. The molecule has 4 aliphatic rings. The summed E-state index contributed by atoms with van der Waals surface area (Å²) >= 11 is 0. The lowest BCUT2D eigenvalue weighted by molar-refractivity contribution is -0.178. The zero-order valence-corrected chi connectivity index (χ0v) is 13.1. The molecule has 4 rings (SSSR count). The third kappa shape index (κ3) is 2.78. The standard InChI is InChI=1S/C17H25NO4/c1-11(14(19)20)3-2-4-18-15(21)16-6-12-5-13(7-16)9-17(22,8-12)10-16/h3,12-13,22H,2,4-10H2,1H3,(H,18,21)(H,19,20)/b11-3+. The van der Waals surface area contributed by atoms with Gasteiger partial charge in [0.2, 0.25) is 5.91 Å². The number of carboxylic acids is 1. The number of amides is 1. The number of carbonyl (C=O) groups excluding carboxylic acids is 1. The van der Waals surface area contributed by atoms with Gasteiger partial charge in [-0.25, -0.2) is 4.79 Å². The van der Waals surface area contributed by atoms with E-state index in [0.29, 0.717) is 36.8 Å². The van der Waals surface area contributed by atoms with Gasteiger partial charge in [-0.3, -0.25) is 4.79 Å². The molecule has 5 heteroatoms. The van der Waals surface area contributed by atoms with Crippen molar-refractivity contribution in [2.75, 3.05) is 6.54 Å². The van der Waals surface area contributed by atoms with Crippen molar-refractivity contribution in [1.29, 1.82) is 0 Å². The highest BCUT2D eigenvalue weighted by Crippen LogP contribution is 2.61. The number of nitrogens with one attached hydrogen (secondary N) is 1. The molecule has 0 aromatic rings. The van der Waals surface area contributed by atoms with Gasteiger partial charge in [0.1, 0.15) is 0 Å². The molecule has 0 spiro atoms. The van der Waals surface area contributed by atoms with Crippen LogP contribution in [0, 0.1) is 17.3 Å². The number of carbonyl (C=O) groups is 2. The fraction of sp³-hybridized carbons (Fsp3) is 0.765. The summed E-state index contributed by atoms with van der Waals surface area (Å²) in [6, 6.07) is 0. The number of aliphatic hydroxyl groups is 1. The van der Waals surface area contributed by atoms with E-state index in [1.54, 1.807) is 13.0 Å². The van der Waals surface area contributed by atoms with Crippen molar-refractivity contribution >= 4 is 11.9 Å². The molecule has 3 N–H and O–H groups in total. The lowest BCUT2D eigenvalue weighted by Crippen LogP contribution is -2.60. The maximum Gasteiger partial charge on any atom is 0.330 e. The SMILES string of the molecule is C/C(=C\CCNC(=O)C12CC3CC(CC(O)(C3)C1)C2)C(=O)O. The van der Waals surface area contributed by atoms with E-state index in [4.69, 9.17) is 5.11 Å². The molecule has 0 aromatic heterocycles. The molecule has 5 nitrogen and oxygen atoms in total. The number of hydrogen-bond acceptors (Lipinski definition) is 3. The van der Waals surface area contributed by atoms with Crippen molar-refractivity contribution in [3.05, 3.63) is 11.6 Å². The topological polar surface area (TPSA) is 86.6 Å². The van der Waals surface area contributed by atoms with Crippen LogP contribution in [0.3, 0.4) is 0 Å². The highest BCUT2D eigenvalue weighted by atomic mass is 16.4. The Balaban J connectivity index is 1.59. The van der Waals surface area contributed by atoms with Crippen LogP contribution in [-0.4, -0.2) is 34.2 Å². The Hall–Kier alpha value is -1.36. The van der Waals surface area contributed by atoms with Crippen molar-refractivity contribution in [3.8, 4) is 0 Å². The normalized spacial score (nSPS) is 39.8. The number of rotatable bonds is 5. The molecule has 2 atom stereocenters. The Morgan fingerprint density at radius 1 is 1.23 bits per heavy atom. The predicted molar refractivity (Wildman–Crippen MR) is 81.1 cm³/mol. The van der Waals surface area contributed by atoms with Crippen molar-refractivity contribution in [1.82, 2.24) is 5.32 Å². The third-order valence-electron chi connectivity index (χ3n) is 5.73. The third-order valence-corrected chi connectivity index (χ3v) is 5.73. The van der Waals surface area contributed by atoms with Crippen LogP contribution >= 0.6 is 0 Å². The van der Waals surface area contributed by atoms with E-state index < -0.39 is 11.6 Å². The zero-order valence-electron chi connectivity index (χ0n) is 13.1. The van der Waals surface area contributed by atoms with Gasteiger partial charge in [0.25, 0.3) is 0 Å². The van der Waals surface area contributed by atoms with Crippen LogP contribution in [0.4, 0.5) is 0 Å². The van der Waals surface area contributed by atoms with Gasteiger partial charge in [-0.15, -0.1) is 0 Å². The van der Waals surface area contributed by atoms with Crippen LogP contribution in [0.5, 0.6) is 0 Å². The second-order valence-corrected chi connectivity index (χ2v) is 7.70. The van der Waals surface area contributed by atoms with Crippen molar-refractivity contribution in [2.45, 2.75) is 57.5 Å². The summed E-state index contributed by atoms with van der Waals surface area (Å²) in [7, 11) is 0. The first-order valence-electron chi connectivity index (χ1n) is 8.23. The Morgan fingerprint density at radius 3 is 2.41 bits per heavy atom. The van der Waals surface area contributed by atoms with Gasteiger partial charge < -0.3 is 15.5 Å². The molecular formula is C17H25NO4. The minimum atomic E-state index is -0.922. The minimum Gasteiger partial charge on any atom is -0.478 e. The molecule has 4 fully saturated rings. The second kappa shape index (κ2) is 5.37. The van der Waals surface area contributed by atoms with Crippen LogP contribution in [0.25, 0.3) is 0 Å². The molecule has 22 heavy (non-hydrogen) atoms. The Bertz CT molecular complexity index is 511. The molecule has 0 radical (unpaired) electrons. The number of hydrogen-bond donors (Lipinski definition) is 3. The second-order valence-electron chi connectivity index (χ2n) is 7.70. The van der Waals surface area contributed by atoms with E-state index in [9.17, 15) is 14.7 Å². The van der Waals surface area contributed by atoms with Gasteiger partial charge in [0.05, 0.1) is 11.0 Å². The highest BCUT2D eigenvalue weighted by Gasteiger charge is 2.59. The van der Waals surface area contributed by atoms with Gasteiger partial charge >= 0.3 is 5.97 Å². The predicted octanol–water partition coefficient (Wildman–Crippen LogP) is 1.85. The van der Waals surface area contributed by atoms with E-state index in [0.717, 1.165) is 32.1 Å². The maximum absolute atomic E-state index is 12.7. The average molecular weight is 307 g/mol. The van der Waals surface area contributed by atoms with Gasteiger partial charge in [-0.2, -0.15) is 0 Å². The number of carboxylic acid groups (broad SMARTS) is 1. The summed E-state index contributed by atoms with van der Waals surface area (Å²) in [4.78, 5) is 23.4. The first kappa shape index (κ1) is 15.5. The molecule has 4 saturated carbocycles. The molecule has 1 amide bonds.